The zero-order valence-corrected chi connectivity index (χ0v) is 19.0. The summed E-state index contributed by atoms with van der Waals surface area (Å²) in [6, 6.07) is 12.8. The van der Waals surface area contributed by atoms with Crippen molar-refractivity contribution in [3.63, 3.8) is 0 Å². The molecule has 168 valence electrons. The molecule has 9 heteroatoms. The molecule has 7 nitrogen and oxygen atoms in total. The Morgan fingerprint density at radius 3 is 2.35 bits per heavy atom. The van der Waals surface area contributed by atoms with Crippen molar-refractivity contribution < 1.29 is 29.5 Å². The first-order chi connectivity index (χ1) is 14.7. The molecule has 1 unspecified atom stereocenters. The van der Waals surface area contributed by atoms with E-state index in [9.17, 15) is 15.3 Å². The molecule has 0 radical (unpaired) electrons. The largest absolute Gasteiger partial charge is 0.432 e. The summed E-state index contributed by atoms with van der Waals surface area (Å²) in [5.41, 5.74) is 2.44. The van der Waals surface area contributed by atoms with Gasteiger partial charge in [-0.15, -0.1) is 0 Å². The maximum atomic E-state index is 10.4. The molecule has 1 fully saturated rings. The average Bonchev–Trinajstić information content (AvgIpc) is 2.75. The van der Waals surface area contributed by atoms with Crippen molar-refractivity contribution in [1.29, 1.82) is 0 Å². The molecule has 1 aliphatic rings. The van der Waals surface area contributed by atoms with Gasteiger partial charge in [0.05, 0.1) is 0 Å². The van der Waals surface area contributed by atoms with E-state index in [0.29, 0.717) is 27.9 Å². The number of hydrogen-bond acceptors (Lipinski definition) is 7. The van der Waals surface area contributed by atoms with E-state index in [1.54, 1.807) is 17.0 Å². The molecule has 2 aromatic carbocycles. The summed E-state index contributed by atoms with van der Waals surface area (Å²) < 4.78 is 16.3. The van der Waals surface area contributed by atoms with Crippen molar-refractivity contribution in [2.75, 3.05) is 21.2 Å². The Bertz CT molecular complexity index is 907. The van der Waals surface area contributed by atoms with Crippen molar-refractivity contribution in [1.82, 2.24) is 4.90 Å². The fourth-order valence-corrected chi connectivity index (χ4v) is 3.59. The molecule has 3 N–H and O–H groups in total. The number of nitrogens with zero attached hydrogens (tertiary/aromatic N) is 1. The number of thiocarbonyl (C=S) groups is 1. The number of rotatable bonds is 5. The smallest absolute Gasteiger partial charge is 0.264 e. The summed E-state index contributed by atoms with van der Waals surface area (Å²) >= 11 is 11.5. The van der Waals surface area contributed by atoms with E-state index < -0.39 is 30.7 Å². The van der Waals surface area contributed by atoms with Crippen molar-refractivity contribution >= 4 is 29.0 Å². The summed E-state index contributed by atoms with van der Waals surface area (Å²) in [7, 11) is 4.99. The molecule has 31 heavy (non-hydrogen) atoms. The van der Waals surface area contributed by atoms with Crippen LogP contribution in [0.2, 0.25) is 5.02 Å². The highest BCUT2D eigenvalue weighted by Gasteiger charge is 2.44. The maximum Gasteiger partial charge on any atom is 0.264 e. The molecule has 0 aromatic heterocycles. The van der Waals surface area contributed by atoms with Gasteiger partial charge >= 0.3 is 0 Å². The number of methoxy groups -OCH3 is 1. The highest BCUT2D eigenvalue weighted by Crippen LogP contribution is 2.34. The number of ether oxygens (including phenoxy) is 3. The van der Waals surface area contributed by atoms with Gasteiger partial charge < -0.3 is 34.4 Å². The predicted octanol–water partition coefficient (Wildman–Crippen LogP) is 2.28. The predicted molar refractivity (Wildman–Crippen MR) is 120 cm³/mol. The topological polar surface area (TPSA) is 91.6 Å². The van der Waals surface area contributed by atoms with Crippen LogP contribution in [-0.2, 0) is 15.9 Å². The van der Waals surface area contributed by atoms with Gasteiger partial charge in [-0.25, -0.2) is 0 Å². The second kappa shape index (κ2) is 10.2. The lowest BCUT2D eigenvalue weighted by Gasteiger charge is -2.40. The molecule has 1 heterocycles. The fourth-order valence-electron chi connectivity index (χ4n) is 3.31. The van der Waals surface area contributed by atoms with Gasteiger partial charge in [-0.3, -0.25) is 0 Å². The third kappa shape index (κ3) is 5.53. The van der Waals surface area contributed by atoms with Crippen LogP contribution in [0.3, 0.4) is 0 Å². The minimum absolute atomic E-state index is 0.371. The molecule has 0 spiro atoms. The van der Waals surface area contributed by atoms with Crippen molar-refractivity contribution in [3.05, 3.63) is 64.2 Å². The normalized spacial score (nSPS) is 25.8. The molecular formula is C22H26ClNO6S. The Balaban J connectivity index is 1.78. The first-order valence-corrected chi connectivity index (χ1v) is 10.5. The first kappa shape index (κ1) is 23.9. The van der Waals surface area contributed by atoms with Crippen LogP contribution in [0.15, 0.2) is 42.5 Å². The van der Waals surface area contributed by atoms with E-state index in [-0.39, 0.29) is 0 Å². The molecule has 0 saturated carbocycles. The second-order valence-corrected chi connectivity index (χ2v) is 8.32. The third-order valence-corrected chi connectivity index (χ3v) is 5.91. The molecule has 0 aliphatic carbocycles. The number of aliphatic hydroxyl groups excluding tert-OH is 3. The van der Waals surface area contributed by atoms with Gasteiger partial charge in [0.2, 0.25) is 0 Å². The van der Waals surface area contributed by atoms with Gasteiger partial charge in [-0.05, 0) is 53.5 Å². The quantitative estimate of drug-likeness (QED) is 0.577. The summed E-state index contributed by atoms with van der Waals surface area (Å²) in [6.07, 6.45) is -5.45. The van der Waals surface area contributed by atoms with Crippen molar-refractivity contribution in [2.24, 2.45) is 0 Å². The molecule has 1 saturated heterocycles. The van der Waals surface area contributed by atoms with Crippen LogP contribution in [0, 0.1) is 0 Å². The van der Waals surface area contributed by atoms with Crippen LogP contribution in [0.4, 0.5) is 0 Å². The SMILES string of the molecule is COC1O[C@@H](c2ccc(Cl)c(Cc3ccc(OC(=S)N(C)C)cc3)c2)[C@H](O)[C@@H](O)[C@@H]1O. The van der Waals surface area contributed by atoms with Crippen LogP contribution in [0.1, 0.15) is 22.8 Å². The average molecular weight is 468 g/mol. The van der Waals surface area contributed by atoms with Gasteiger partial charge in [0.15, 0.2) is 6.29 Å². The molecule has 0 bridgehead atoms. The molecule has 3 rings (SSSR count). The van der Waals surface area contributed by atoms with Gasteiger partial charge in [0.25, 0.3) is 5.17 Å². The second-order valence-electron chi connectivity index (χ2n) is 7.57. The minimum Gasteiger partial charge on any atom is -0.432 e. The van der Waals surface area contributed by atoms with E-state index in [1.165, 1.54) is 7.11 Å². The van der Waals surface area contributed by atoms with Crippen LogP contribution in [-0.4, -0.2) is 71.2 Å². The summed E-state index contributed by atoms with van der Waals surface area (Å²) in [6.45, 7) is 0. The molecule has 5 atom stereocenters. The molecular weight excluding hydrogens is 442 g/mol. The Morgan fingerprint density at radius 2 is 1.74 bits per heavy atom. The monoisotopic (exact) mass is 467 g/mol. The number of benzene rings is 2. The van der Waals surface area contributed by atoms with Crippen LogP contribution < -0.4 is 4.74 Å². The van der Waals surface area contributed by atoms with E-state index >= 15 is 0 Å². The molecule has 1 aliphatic heterocycles. The number of halogens is 1. The number of aliphatic hydroxyl groups is 3. The van der Waals surface area contributed by atoms with Gasteiger partial charge in [0.1, 0.15) is 30.2 Å². The molecule has 0 amide bonds. The zero-order chi connectivity index (χ0) is 22.7. The fraction of sp³-hybridized carbons (Fsp3) is 0.409. The van der Waals surface area contributed by atoms with Crippen LogP contribution >= 0.6 is 23.8 Å². The van der Waals surface area contributed by atoms with Gasteiger partial charge in [-0.1, -0.05) is 35.9 Å². The lowest BCUT2D eigenvalue weighted by molar-refractivity contribution is -0.292. The summed E-state index contributed by atoms with van der Waals surface area (Å²) in [5, 5.41) is 31.5. The summed E-state index contributed by atoms with van der Waals surface area (Å²) in [4.78, 5) is 1.71. The molecule has 2 aromatic rings. The Morgan fingerprint density at radius 1 is 1.06 bits per heavy atom. The maximum absolute atomic E-state index is 10.4. The highest BCUT2D eigenvalue weighted by molar-refractivity contribution is 7.80. The van der Waals surface area contributed by atoms with Crippen LogP contribution in [0.25, 0.3) is 0 Å². The van der Waals surface area contributed by atoms with Crippen LogP contribution in [0.5, 0.6) is 5.75 Å². The van der Waals surface area contributed by atoms with E-state index in [4.69, 9.17) is 38.0 Å². The van der Waals surface area contributed by atoms with Crippen molar-refractivity contribution in [2.45, 2.75) is 37.1 Å². The summed E-state index contributed by atoms with van der Waals surface area (Å²) in [5.74, 6) is 0.638. The van der Waals surface area contributed by atoms with Gasteiger partial charge in [-0.2, -0.15) is 0 Å². The Kier molecular flexibility index (Phi) is 7.87. The third-order valence-electron chi connectivity index (χ3n) is 5.09. The first-order valence-electron chi connectivity index (χ1n) is 9.70. The Labute approximate surface area is 191 Å². The zero-order valence-electron chi connectivity index (χ0n) is 17.4. The van der Waals surface area contributed by atoms with E-state index in [2.05, 4.69) is 0 Å². The van der Waals surface area contributed by atoms with E-state index in [0.717, 1.165) is 11.1 Å². The Hall–Kier alpha value is -1.78. The van der Waals surface area contributed by atoms with Crippen molar-refractivity contribution in [3.8, 4) is 5.75 Å². The lowest BCUT2D eigenvalue weighted by atomic mass is 9.92. The standard InChI is InChI=1S/C22H26ClNO6S/c1-24(2)22(31)29-15-7-4-12(5-8-15)10-14-11-13(6-9-16(14)23)20-18(26)17(25)19(27)21(28-3)30-20/h4-9,11,17-21,25-27H,10H2,1-3H3/t17-,18-,19+,20+,21?/m1/s1. The minimum atomic E-state index is -1.40. The highest BCUT2D eigenvalue weighted by atomic mass is 35.5. The van der Waals surface area contributed by atoms with Gasteiger partial charge in [0, 0.05) is 26.2 Å². The number of hydrogen-bond donors (Lipinski definition) is 3. The van der Waals surface area contributed by atoms with E-state index in [1.807, 2.05) is 44.4 Å². The lowest BCUT2D eigenvalue weighted by Crippen LogP contribution is -2.54.